The molecule has 4 nitrogen and oxygen atoms in total. The van der Waals surface area contributed by atoms with Crippen molar-refractivity contribution in [3.05, 3.63) is 48.5 Å². The number of thioether (sulfide) groups is 1. The van der Waals surface area contributed by atoms with Gasteiger partial charge in [-0.1, -0.05) is 18.2 Å². The van der Waals surface area contributed by atoms with E-state index >= 15 is 0 Å². The quantitative estimate of drug-likeness (QED) is 0.857. The van der Waals surface area contributed by atoms with Crippen LogP contribution in [-0.2, 0) is 17.8 Å². The molecule has 1 aromatic heterocycles. The van der Waals surface area contributed by atoms with E-state index in [1.54, 1.807) is 24.3 Å². The lowest BCUT2D eigenvalue weighted by Crippen LogP contribution is -2.33. The fourth-order valence-electron chi connectivity index (χ4n) is 2.33. The van der Waals surface area contributed by atoms with Crippen LogP contribution < -0.4 is 5.32 Å². The van der Waals surface area contributed by atoms with Crippen molar-refractivity contribution >= 4 is 17.7 Å². The predicted octanol–water partition coefficient (Wildman–Crippen LogP) is 2.11. The van der Waals surface area contributed by atoms with Crippen molar-refractivity contribution in [2.75, 3.05) is 6.54 Å². The van der Waals surface area contributed by atoms with Gasteiger partial charge in [-0.15, -0.1) is 11.8 Å². The number of amides is 1. The second-order valence-electron chi connectivity index (χ2n) is 4.86. The van der Waals surface area contributed by atoms with E-state index in [9.17, 15) is 4.79 Å². The standard InChI is InChI=1S/C15H17N3OS/c19-15(17-6-3-8-18-9-7-16-11-18)14-10-12-4-1-2-5-13(12)20-14/h1-2,4-5,7,9,11,14H,3,6,8,10H2,(H,17,19). The van der Waals surface area contributed by atoms with Crippen LogP contribution in [0.25, 0.3) is 0 Å². The van der Waals surface area contributed by atoms with Crippen molar-refractivity contribution in [2.24, 2.45) is 0 Å². The highest BCUT2D eigenvalue weighted by molar-refractivity contribution is 8.01. The summed E-state index contributed by atoms with van der Waals surface area (Å²) in [5.41, 5.74) is 1.29. The minimum absolute atomic E-state index is 0.0284. The smallest absolute Gasteiger partial charge is 0.233 e. The van der Waals surface area contributed by atoms with Gasteiger partial charge in [0.05, 0.1) is 11.6 Å². The molecular weight excluding hydrogens is 270 g/mol. The van der Waals surface area contributed by atoms with E-state index < -0.39 is 0 Å². The Balaban J connectivity index is 1.42. The van der Waals surface area contributed by atoms with E-state index in [0.717, 1.165) is 19.4 Å². The molecule has 0 bridgehead atoms. The van der Waals surface area contributed by atoms with Crippen molar-refractivity contribution in [3.8, 4) is 0 Å². The first kappa shape index (κ1) is 13.2. The number of aromatic nitrogens is 2. The summed E-state index contributed by atoms with van der Waals surface area (Å²) in [6, 6.07) is 8.25. The van der Waals surface area contributed by atoms with Crippen LogP contribution in [0.15, 0.2) is 47.9 Å². The number of benzene rings is 1. The first-order valence-corrected chi connectivity index (χ1v) is 7.69. The lowest BCUT2D eigenvalue weighted by molar-refractivity contribution is -0.120. The molecule has 1 aliphatic heterocycles. The number of nitrogens with one attached hydrogen (secondary N) is 1. The fourth-order valence-corrected chi connectivity index (χ4v) is 3.55. The number of imidazole rings is 1. The monoisotopic (exact) mass is 287 g/mol. The Morgan fingerprint density at radius 1 is 1.45 bits per heavy atom. The molecule has 5 heteroatoms. The average Bonchev–Trinajstić information content (AvgIpc) is 3.12. The van der Waals surface area contributed by atoms with Crippen LogP contribution in [0.5, 0.6) is 0 Å². The van der Waals surface area contributed by atoms with Crippen LogP contribution in [0.3, 0.4) is 0 Å². The topological polar surface area (TPSA) is 46.9 Å². The summed E-state index contributed by atoms with van der Waals surface area (Å²) in [5, 5.41) is 3.06. The zero-order valence-corrected chi connectivity index (χ0v) is 12.0. The number of carbonyl (C=O) groups is 1. The van der Waals surface area contributed by atoms with Crippen LogP contribution in [0, 0.1) is 0 Å². The number of hydrogen-bond donors (Lipinski definition) is 1. The molecule has 1 N–H and O–H groups in total. The Hall–Kier alpha value is -1.75. The average molecular weight is 287 g/mol. The third-order valence-electron chi connectivity index (χ3n) is 3.39. The molecule has 20 heavy (non-hydrogen) atoms. The number of rotatable bonds is 5. The van der Waals surface area contributed by atoms with Gasteiger partial charge in [0, 0.05) is 30.4 Å². The zero-order valence-electron chi connectivity index (χ0n) is 11.2. The van der Waals surface area contributed by atoms with Gasteiger partial charge in [-0.05, 0) is 24.5 Å². The highest BCUT2D eigenvalue weighted by Gasteiger charge is 2.27. The molecule has 104 valence electrons. The fraction of sp³-hybridized carbons (Fsp3) is 0.333. The SMILES string of the molecule is O=C(NCCCn1ccnc1)C1Cc2ccccc2S1. The summed E-state index contributed by atoms with van der Waals surface area (Å²) in [6.07, 6.45) is 7.27. The van der Waals surface area contributed by atoms with Gasteiger partial charge in [-0.2, -0.15) is 0 Å². The maximum absolute atomic E-state index is 12.1. The molecule has 2 heterocycles. The summed E-state index contributed by atoms with van der Waals surface area (Å²) >= 11 is 1.67. The zero-order chi connectivity index (χ0) is 13.8. The van der Waals surface area contributed by atoms with Crippen LogP contribution in [-0.4, -0.2) is 27.3 Å². The molecule has 3 rings (SSSR count). The van der Waals surface area contributed by atoms with Crippen molar-refractivity contribution in [1.29, 1.82) is 0 Å². The van der Waals surface area contributed by atoms with Gasteiger partial charge >= 0.3 is 0 Å². The largest absolute Gasteiger partial charge is 0.355 e. The van der Waals surface area contributed by atoms with Crippen molar-refractivity contribution < 1.29 is 4.79 Å². The molecule has 0 radical (unpaired) electrons. The summed E-state index contributed by atoms with van der Waals surface area (Å²) < 4.78 is 2.02. The summed E-state index contributed by atoms with van der Waals surface area (Å²) in [5.74, 6) is 0.150. The first-order chi connectivity index (χ1) is 9.83. The number of aryl methyl sites for hydroxylation is 1. The Morgan fingerprint density at radius 2 is 2.35 bits per heavy atom. The maximum atomic E-state index is 12.1. The van der Waals surface area contributed by atoms with Crippen molar-refractivity contribution in [3.63, 3.8) is 0 Å². The van der Waals surface area contributed by atoms with E-state index in [4.69, 9.17) is 0 Å². The summed E-state index contributed by atoms with van der Waals surface area (Å²) in [4.78, 5) is 17.4. The molecule has 0 fully saturated rings. The molecule has 0 saturated heterocycles. The summed E-state index contributed by atoms with van der Waals surface area (Å²) in [6.45, 7) is 1.60. The molecule has 1 amide bonds. The Morgan fingerprint density at radius 3 is 3.15 bits per heavy atom. The van der Waals surface area contributed by atoms with Gasteiger partial charge in [0.1, 0.15) is 0 Å². The second-order valence-corrected chi connectivity index (χ2v) is 6.11. The van der Waals surface area contributed by atoms with Crippen LogP contribution in [0.2, 0.25) is 0 Å². The van der Waals surface area contributed by atoms with Crippen LogP contribution >= 0.6 is 11.8 Å². The van der Waals surface area contributed by atoms with E-state index in [1.165, 1.54) is 10.5 Å². The van der Waals surface area contributed by atoms with Gasteiger partial charge in [-0.25, -0.2) is 4.98 Å². The molecule has 0 aliphatic carbocycles. The molecule has 2 aromatic rings. The Bertz CT molecular complexity index is 558. The lowest BCUT2D eigenvalue weighted by atomic mass is 10.1. The number of fused-ring (bicyclic) bond motifs is 1. The van der Waals surface area contributed by atoms with E-state index in [-0.39, 0.29) is 11.2 Å². The molecular formula is C15H17N3OS. The normalized spacial score (nSPS) is 16.9. The van der Waals surface area contributed by atoms with Gasteiger partial charge < -0.3 is 9.88 Å². The minimum Gasteiger partial charge on any atom is -0.355 e. The highest BCUT2D eigenvalue weighted by Crippen LogP contribution is 2.36. The van der Waals surface area contributed by atoms with E-state index in [0.29, 0.717) is 6.54 Å². The second kappa shape index (κ2) is 6.13. The van der Waals surface area contributed by atoms with Gasteiger partial charge in [0.2, 0.25) is 5.91 Å². The number of carbonyl (C=O) groups excluding carboxylic acids is 1. The van der Waals surface area contributed by atoms with Crippen LogP contribution in [0.1, 0.15) is 12.0 Å². The highest BCUT2D eigenvalue weighted by atomic mass is 32.2. The van der Waals surface area contributed by atoms with Crippen molar-refractivity contribution in [1.82, 2.24) is 14.9 Å². The molecule has 1 aromatic carbocycles. The van der Waals surface area contributed by atoms with Gasteiger partial charge in [0.25, 0.3) is 0 Å². The number of nitrogens with zero attached hydrogens (tertiary/aromatic N) is 2. The van der Waals surface area contributed by atoms with E-state index in [2.05, 4.69) is 22.4 Å². The Labute approximate surface area is 122 Å². The minimum atomic E-state index is 0.0284. The molecule has 0 spiro atoms. The van der Waals surface area contributed by atoms with E-state index in [1.807, 2.05) is 22.9 Å². The lowest BCUT2D eigenvalue weighted by Gasteiger charge is -2.10. The van der Waals surface area contributed by atoms with Gasteiger partial charge in [0.15, 0.2) is 0 Å². The Kier molecular flexibility index (Phi) is 4.06. The molecule has 1 atom stereocenters. The first-order valence-electron chi connectivity index (χ1n) is 6.81. The third-order valence-corrected chi connectivity index (χ3v) is 4.71. The maximum Gasteiger partial charge on any atom is 0.233 e. The van der Waals surface area contributed by atoms with Crippen molar-refractivity contribution in [2.45, 2.75) is 29.5 Å². The van der Waals surface area contributed by atoms with Crippen LogP contribution in [0.4, 0.5) is 0 Å². The number of hydrogen-bond acceptors (Lipinski definition) is 3. The summed E-state index contributed by atoms with van der Waals surface area (Å²) in [7, 11) is 0. The third kappa shape index (κ3) is 3.04. The predicted molar refractivity (Wildman–Crippen MR) is 79.6 cm³/mol. The molecule has 1 unspecified atom stereocenters. The molecule has 1 aliphatic rings. The molecule has 0 saturated carbocycles. The van der Waals surface area contributed by atoms with Gasteiger partial charge in [-0.3, -0.25) is 4.79 Å².